The molecule has 0 saturated heterocycles. The third-order valence-corrected chi connectivity index (χ3v) is 5.38. The van der Waals surface area contributed by atoms with Crippen molar-refractivity contribution >= 4 is 33.7 Å². The fourth-order valence-electron chi connectivity index (χ4n) is 3.32. The van der Waals surface area contributed by atoms with Gasteiger partial charge in [0.2, 0.25) is 0 Å². The van der Waals surface area contributed by atoms with Crippen molar-refractivity contribution in [3.8, 4) is 5.75 Å². The summed E-state index contributed by atoms with van der Waals surface area (Å²) in [7, 11) is 0. The topological polar surface area (TPSA) is 75.7 Å². The Morgan fingerprint density at radius 1 is 0.903 bits per heavy atom. The van der Waals surface area contributed by atoms with E-state index in [1.807, 2.05) is 24.3 Å². The highest BCUT2D eigenvalue weighted by molar-refractivity contribution is 9.10. The minimum Gasteiger partial charge on any atom is -0.492 e. The van der Waals surface area contributed by atoms with Crippen LogP contribution in [0.2, 0.25) is 0 Å². The van der Waals surface area contributed by atoms with Crippen molar-refractivity contribution in [1.29, 1.82) is 0 Å². The van der Waals surface area contributed by atoms with Crippen LogP contribution in [-0.4, -0.2) is 35.8 Å². The summed E-state index contributed by atoms with van der Waals surface area (Å²) >= 11 is 3.38. The number of nitrogens with one attached hydrogen (secondary N) is 1. The van der Waals surface area contributed by atoms with Crippen LogP contribution in [0.1, 0.15) is 36.6 Å². The van der Waals surface area contributed by atoms with E-state index in [4.69, 9.17) is 4.74 Å². The SMILES string of the molecule is O=C(NCCOc1cccc(Br)c1)c1ccc(CN2C(=O)c3ccccc3C2=O)cc1. The van der Waals surface area contributed by atoms with Gasteiger partial charge in [-0.2, -0.15) is 0 Å². The molecule has 7 heteroatoms. The maximum atomic E-state index is 12.5. The number of halogens is 1. The third-order valence-electron chi connectivity index (χ3n) is 4.89. The Labute approximate surface area is 188 Å². The lowest BCUT2D eigenvalue weighted by atomic mass is 10.1. The van der Waals surface area contributed by atoms with E-state index < -0.39 is 0 Å². The van der Waals surface area contributed by atoms with Crippen LogP contribution in [0.3, 0.4) is 0 Å². The molecule has 1 N–H and O–H groups in total. The second-order valence-corrected chi connectivity index (χ2v) is 7.92. The molecule has 4 rings (SSSR count). The predicted molar refractivity (Wildman–Crippen MR) is 119 cm³/mol. The van der Waals surface area contributed by atoms with Gasteiger partial charge in [-0.3, -0.25) is 19.3 Å². The van der Waals surface area contributed by atoms with Gasteiger partial charge >= 0.3 is 0 Å². The number of hydrogen-bond donors (Lipinski definition) is 1. The Morgan fingerprint density at radius 2 is 1.58 bits per heavy atom. The standard InChI is InChI=1S/C24H19BrN2O4/c25-18-4-3-5-19(14-18)31-13-12-26-22(28)17-10-8-16(9-11-17)15-27-23(29)20-6-1-2-7-21(20)24(27)30/h1-11,14H,12-13,15H2,(H,26,28). The van der Waals surface area contributed by atoms with E-state index in [1.165, 1.54) is 4.90 Å². The lowest BCUT2D eigenvalue weighted by molar-refractivity contribution is 0.0641. The zero-order chi connectivity index (χ0) is 21.8. The van der Waals surface area contributed by atoms with Crippen LogP contribution in [0.4, 0.5) is 0 Å². The van der Waals surface area contributed by atoms with Gasteiger partial charge in [0.1, 0.15) is 12.4 Å². The monoisotopic (exact) mass is 478 g/mol. The molecule has 0 fully saturated rings. The smallest absolute Gasteiger partial charge is 0.261 e. The van der Waals surface area contributed by atoms with Gasteiger partial charge in [-0.25, -0.2) is 0 Å². The first kappa shape index (κ1) is 20.8. The van der Waals surface area contributed by atoms with Gasteiger partial charge in [-0.1, -0.05) is 46.3 Å². The van der Waals surface area contributed by atoms with Crippen LogP contribution in [0, 0.1) is 0 Å². The first-order valence-electron chi connectivity index (χ1n) is 9.73. The molecule has 0 atom stereocenters. The molecular weight excluding hydrogens is 460 g/mol. The lowest BCUT2D eigenvalue weighted by Crippen LogP contribution is -2.29. The number of imide groups is 1. The Balaban J connectivity index is 1.29. The number of carbonyl (C=O) groups excluding carboxylic acids is 3. The van der Waals surface area contributed by atoms with E-state index >= 15 is 0 Å². The van der Waals surface area contributed by atoms with Gasteiger partial charge in [-0.15, -0.1) is 0 Å². The fraction of sp³-hybridized carbons (Fsp3) is 0.125. The molecule has 0 aromatic heterocycles. The van der Waals surface area contributed by atoms with Gasteiger partial charge in [0.25, 0.3) is 17.7 Å². The lowest BCUT2D eigenvalue weighted by Gasteiger charge is -2.14. The molecule has 1 aliphatic heterocycles. The number of amides is 3. The molecule has 0 bridgehead atoms. The molecule has 3 amide bonds. The highest BCUT2D eigenvalue weighted by atomic mass is 79.9. The zero-order valence-electron chi connectivity index (χ0n) is 16.5. The van der Waals surface area contributed by atoms with Crippen molar-refractivity contribution in [3.05, 3.63) is 99.5 Å². The normalized spacial score (nSPS) is 12.6. The minimum absolute atomic E-state index is 0.161. The summed E-state index contributed by atoms with van der Waals surface area (Å²) < 4.78 is 6.53. The maximum Gasteiger partial charge on any atom is 0.261 e. The Hall–Kier alpha value is -3.45. The molecule has 0 aliphatic carbocycles. The predicted octanol–water partition coefficient (Wildman–Crippen LogP) is 4.05. The third kappa shape index (κ3) is 4.67. The van der Waals surface area contributed by atoms with Gasteiger partial charge < -0.3 is 10.1 Å². The van der Waals surface area contributed by atoms with Crippen LogP contribution in [0.25, 0.3) is 0 Å². The first-order valence-corrected chi connectivity index (χ1v) is 10.5. The van der Waals surface area contributed by atoms with Gasteiger partial charge in [0, 0.05) is 10.0 Å². The second-order valence-electron chi connectivity index (χ2n) is 7.00. The summed E-state index contributed by atoms with van der Waals surface area (Å²) in [5.41, 5.74) is 2.11. The highest BCUT2D eigenvalue weighted by Crippen LogP contribution is 2.24. The Kier molecular flexibility index (Phi) is 6.13. The molecule has 0 radical (unpaired) electrons. The average Bonchev–Trinajstić information content (AvgIpc) is 3.02. The quantitative estimate of drug-likeness (QED) is 0.410. The van der Waals surface area contributed by atoms with Gasteiger partial charge in [0.05, 0.1) is 24.2 Å². The summed E-state index contributed by atoms with van der Waals surface area (Å²) in [6, 6.07) is 21.1. The van der Waals surface area contributed by atoms with Crippen molar-refractivity contribution in [3.63, 3.8) is 0 Å². The fourth-order valence-corrected chi connectivity index (χ4v) is 3.70. The molecule has 1 heterocycles. The van der Waals surface area contributed by atoms with E-state index in [0.29, 0.717) is 29.8 Å². The molecule has 0 spiro atoms. The summed E-state index contributed by atoms with van der Waals surface area (Å²) in [4.78, 5) is 38.5. The Morgan fingerprint density at radius 3 is 2.23 bits per heavy atom. The van der Waals surface area contributed by atoms with E-state index in [1.54, 1.807) is 48.5 Å². The van der Waals surface area contributed by atoms with Crippen molar-refractivity contribution in [1.82, 2.24) is 10.2 Å². The molecule has 3 aromatic rings. The molecular formula is C24H19BrN2O4. The summed E-state index contributed by atoms with van der Waals surface area (Å²) in [5.74, 6) is -0.0908. The molecule has 156 valence electrons. The minimum atomic E-state index is -0.298. The largest absolute Gasteiger partial charge is 0.492 e. The average molecular weight is 479 g/mol. The highest BCUT2D eigenvalue weighted by Gasteiger charge is 2.34. The van der Waals surface area contributed by atoms with Gasteiger partial charge in [-0.05, 0) is 48.0 Å². The number of rotatable bonds is 7. The number of fused-ring (bicyclic) bond motifs is 1. The van der Waals surface area contributed by atoms with Crippen molar-refractivity contribution in [2.45, 2.75) is 6.54 Å². The first-order chi connectivity index (χ1) is 15.0. The summed E-state index contributed by atoms with van der Waals surface area (Å²) in [5, 5.41) is 2.81. The molecule has 31 heavy (non-hydrogen) atoms. The van der Waals surface area contributed by atoms with Gasteiger partial charge in [0.15, 0.2) is 0 Å². The molecule has 6 nitrogen and oxygen atoms in total. The number of hydrogen-bond acceptors (Lipinski definition) is 4. The number of carbonyl (C=O) groups is 3. The van der Waals surface area contributed by atoms with Crippen LogP contribution in [0.5, 0.6) is 5.75 Å². The van der Waals surface area contributed by atoms with E-state index in [0.717, 1.165) is 15.8 Å². The molecule has 0 saturated carbocycles. The van der Waals surface area contributed by atoms with Crippen molar-refractivity contribution < 1.29 is 19.1 Å². The number of ether oxygens (including phenoxy) is 1. The van der Waals surface area contributed by atoms with Crippen molar-refractivity contribution in [2.75, 3.05) is 13.2 Å². The van der Waals surface area contributed by atoms with E-state index in [-0.39, 0.29) is 24.3 Å². The molecule has 1 aliphatic rings. The van der Waals surface area contributed by atoms with Crippen LogP contribution < -0.4 is 10.1 Å². The Bertz CT molecular complexity index is 1110. The number of nitrogens with zero attached hydrogens (tertiary/aromatic N) is 1. The zero-order valence-corrected chi connectivity index (χ0v) is 18.1. The number of benzene rings is 3. The summed E-state index contributed by atoms with van der Waals surface area (Å²) in [6.07, 6.45) is 0. The van der Waals surface area contributed by atoms with Crippen molar-refractivity contribution in [2.24, 2.45) is 0 Å². The van der Waals surface area contributed by atoms with Crippen LogP contribution >= 0.6 is 15.9 Å². The molecule has 0 unspecified atom stereocenters. The maximum absolute atomic E-state index is 12.5. The van der Waals surface area contributed by atoms with Crippen LogP contribution in [0.15, 0.2) is 77.3 Å². The van der Waals surface area contributed by atoms with Crippen LogP contribution in [-0.2, 0) is 6.54 Å². The molecule has 3 aromatic carbocycles. The second kappa shape index (κ2) is 9.14. The summed E-state index contributed by atoms with van der Waals surface area (Å²) in [6.45, 7) is 0.872. The van der Waals surface area contributed by atoms with E-state index in [9.17, 15) is 14.4 Å². The van der Waals surface area contributed by atoms with E-state index in [2.05, 4.69) is 21.2 Å².